The molecule has 2 aliphatic rings. The number of carbonyl (C=O) groups is 3. The summed E-state index contributed by atoms with van der Waals surface area (Å²) >= 11 is 0. The summed E-state index contributed by atoms with van der Waals surface area (Å²) in [5, 5.41) is 9.67. The van der Waals surface area contributed by atoms with Crippen molar-refractivity contribution in [3.8, 4) is 0 Å². The van der Waals surface area contributed by atoms with Crippen LogP contribution in [0.4, 0.5) is 10.6 Å². The van der Waals surface area contributed by atoms with Gasteiger partial charge >= 0.3 is 18.0 Å². The number of nitrogens with zero attached hydrogens (tertiary/aromatic N) is 3. The van der Waals surface area contributed by atoms with Gasteiger partial charge in [-0.3, -0.25) is 4.90 Å². The van der Waals surface area contributed by atoms with E-state index in [2.05, 4.69) is 9.88 Å². The average molecular weight is 492 g/mol. The van der Waals surface area contributed by atoms with Crippen LogP contribution >= 0.6 is 0 Å². The molecule has 0 radical (unpaired) electrons. The van der Waals surface area contributed by atoms with Crippen molar-refractivity contribution in [1.82, 2.24) is 9.88 Å². The molecule has 1 amide bonds. The third-order valence-corrected chi connectivity index (χ3v) is 6.05. The molecule has 0 bridgehead atoms. The van der Waals surface area contributed by atoms with Crippen LogP contribution in [0.1, 0.15) is 52.0 Å². The molecule has 0 spiro atoms. The van der Waals surface area contributed by atoms with Crippen molar-refractivity contribution in [2.45, 2.75) is 70.6 Å². The van der Waals surface area contributed by atoms with Crippen molar-refractivity contribution in [3.63, 3.8) is 0 Å². The molecule has 2 atom stereocenters. The number of pyridine rings is 1. The highest BCUT2D eigenvalue weighted by molar-refractivity contribution is 5.84. The highest BCUT2D eigenvalue weighted by Gasteiger charge is 2.38. The number of carbonyl (C=O) groups excluding carboxylic acids is 2. The molecule has 3 rings (SSSR count). The van der Waals surface area contributed by atoms with Crippen LogP contribution < -0.4 is 4.90 Å². The first-order valence-corrected chi connectivity index (χ1v) is 12.2. The third-order valence-electron chi connectivity index (χ3n) is 6.05. The number of hydrogen-bond donors (Lipinski definition) is 1. The normalized spacial score (nSPS) is 17.9. The molecule has 1 N–H and O–H groups in total. The highest BCUT2D eigenvalue weighted by atomic mass is 16.6. The summed E-state index contributed by atoms with van der Waals surface area (Å²) in [6.45, 7) is 8.13. The SMILES string of the molecule is CN(C(=O)OC(C)(C)C)[C@@H](CC1CC1)C(=O)O[C@H](CCc1ccc(N2CCOCC2)nc1)C(=O)O. The second-order valence-corrected chi connectivity index (χ2v) is 10.2. The lowest BCUT2D eigenvalue weighted by molar-refractivity contribution is -0.168. The lowest BCUT2D eigenvalue weighted by Gasteiger charge is -2.30. The molecular weight excluding hydrogens is 454 g/mol. The van der Waals surface area contributed by atoms with Crippen LogP contribution in [0, 0.1) is 5.92 Å². The highest BCUT2D eigenvalue weighted by Crippen LogP contribution is 2.35. The maximum Gasteiger partial charge on any atom is 0.410 e. The van der Waals surface area contributed by atoms with Crippen molar-refractivity contribution in [2.75, 3.05) is 38.3 Å². The first-order chi connectivity index (χ1) is 16.5. The van der Waals surface area contributed by atoms with Crippen LogP contribution in [0.3, 0.4) is 0 Å². The van der Waals surface area contributed by atoms with E-state index < -0.39 is 35.8 Å². The molecule has 1 saturated carbocycles. The summed E-state index contributed by atoms with van der Waals surface area (Å²) in [7, 11) is 1.49. The van der Waals surface area contributed by atoms with E-state index in [1.807, 2.05) is 12.1 Å². The molecule has 2 heterocycles. The van der Waals surface area contributed by atoms with E-state index in [0.717, 1.165) is 37.3 Å². The average Bonchev–Trinajstić information content (AvgIpc) is 3.63. The van der Waals surface area contributed by atoms with Crippen molar-refractivity contribution in [3.05, 3.63) is 23.9 Å². The Morgan fingerprint density at radius 2 is 1.91 bits per heavy atom. The Hall–Kier alpha value is -2.88. The van der Waals surface area contributed by atoms with Gasteiger partial charge in [0.15, 0.2) is 6.10 Å². The number of aromatic nitrogens is 1. The molecule has 10 nitrogen and oxygen atoms in total. The minimum Gasteiger partial charge on any atom is -0.479 e. The molecule has 0 aromatic carbocycles. The number of likely N-dealkylation sites (N-methyl/N-ethyl adjacent to an activating group) is 1. The second kappa shape index (κ2) is 11.7. The minimum absolute atomic E-state index is 0.103. The standard InChI is InChI=1S/C25H37N3O7/c1-25(2,3)35-24(32)27(4)19(15-17-5-6-17)23(31)34-20(22(29)30)9-7-18-8-10-21(26-16-18)28-11-13-33-14-12-28/h8,10,16-17,19-20H,5-7,9,11-15H2,1-4H3,(H,29,30)/t19-,20+/m0/s1. The van der Waals surface area contributed by atoms with Crippen LogP contribution in [-0.2, 0) is 30.2 Å². The molecule has 1 aromatic rings. The summed E-state index contributed by atoms with van der Waals surface area (Å²) in [5.74, 6) is -0.775. The predicted molar refractivity (Wildman–Crippen MR) is 128 cm³/mol. The van der Waals surface area contributed by atoms with Gasteiger partial charge in [0.25, 0.3) is 0 Å². The zero-order valence-corrected chi connectivity index (χ0v) is 21.1. The number of carboxylic acids is 1. The fourth-order valence-electron chi connectivity index (χ4n) is 3.84. The molecule has 194 valence electrons. The minimum atomic E-state index is -1.32. The van der Waals surface area contributed by atoms with Crippen LogP contribution in [0.5, 0.6) is 0 Å². The molecule has 1 aromatic heterocycles. The molecule has 35 heavy (non-hydrogen) atoms. The second-order valence-electron chi connectivity index (χ2n) is 10.2. The topological polar surface area (TPSA) is 119 Å². The van der Waals surface area contributed by atoms with Gasteiger partial charge in [-0.2, -0.15) is 0 Å². The zero-order chi connectivity index (χ0) is 25.6. The smallest absolute Gasteiger partial charge is 0.410 e. The largest absolute Gasteiger partial charge is 0.479 e. The number of carboxylic acid groups (broad SMARTS) is 1. The maximum atomic E-state index is 13.0. The molecule has 2 fully saturated rings. The quantitative estimate of drug-likeness (QED) is 0.493. The summed E-state index contributed by atoms with van der Waals surface area (Å²) in [6.07, 6.45) is 2.62. The molecule has 1 aliphatic heterocycles. The maximum absolute atomic E-state index is 13.0. The summed E-state index contributed by atoms with van der Waals surface area (Å²) in [5.41, 5.74) is 0.138. The lowest BCUT2D eigenvalue weighted by atomic mass is 10.1. The summed E-state index contributed by atoms with van der Waals surface area (Å²) in [6, 6.07) is 2.92. The lowest BCUT2D eigenvalue weighted by Crippen LogP contribution is -2.47. The fourth-order valence-corrected chi connectivity index (χ4v) is 3.84. The van der Waals surface area contributed by atoms with E-state index >= 15 is 0 Å². The van der Waals surface area contributed by atoms with Crippen LogP contribution in [0.15, 0.2) is 18.3 Å². The third kappa shape index (κ3) is 8.38. The molecular formula is C25H37N3O7. The Morgan fingerprint density at radius 1 is 1.23 bits per heavy atom. The predicted octanol–water partition coefficient (Wildman–Crippen LogP) is 2.88. The van der Waals surface area contributed by atoms with E-state index in [1.165, 1.54) is 11.9 Å². The Kier molecular flexibility index (Phi) is 8.93. The first kappa shape index (κ1) is 26.7. The number of aryl methyl sites for hydroxylation is 1. The fraction of sp³-hybridized carbons (Fsp3) is 0.680. The van der Waals surface area contributed by atoms with E-state index in [4.69, 9.17) is 14.2 Å². The molecule has 0 unspecified atom stereocenters. The number of rotatable bonds is 10. The van der Waals surface area contributed by atoms with Gasteiger partial charge in [-0.15, -0.1) is 0 Å². The monoisotopic (exact) mass is 491 g/mol. The number of ether oxygens (including phenoxy) is 3. The molecule has 10 heteroatoms. The van der Waals surface area contributed by atoms with Crippen molar-refractivity contribution in [2.24, 2.45) is 5.92 Å². The van der Waals surface area contributed by atoms with Gasteiger partial charge < -0.3 is 24.2 Å². The van der Waals surface area contributed by atoms with Gasteiger partial charge in [-0.05, 0) is 57.6 Å². The Balaban J connectivity index is 1.59. The van der Waals surface area contributed by atoms with Crippen molar-refractivity contribution in [1.29, 1.82) is 0 Å². The number of aliphatic carboxylic acids is 1. The van der Waals surface area contributed by atoms with Gasteiger partial charge in [0.1, 0.15) is 17.5 Å². The Labute approximate surface area is 206 Å². The van der Waals surface area contributed by atoms with E-state index in [0.29, 0.717) is 32.0 Å². The Morgan fingerprint density at radius 3 is 2.46 bits per heavy atom. The van der Waals surface area contributed by atoms with Gasteiger partial charge in [0.05, 0.1) is 13.2 Å². The summed E-state index contributed by atoms with van der Waals surface area (Å²) in [4.78, 5) is 45.2. The number of amides is 1. The molecule has 1 saturated heterocycles. The summed E-state index contributed by atoms with van der Waals surface area (Å²) < 4.78 is 16.2. The number of hydrogen-bond acceptors (Lipinski definition) is 8. The van der Waals surface area contributed by atoms with Gasteiger partial charge in [-0.25, -0.2) is 19.4 Å². The number of esters is 1. The number of morpholine rings is 1. The number of anilines is 1. The molecule has 1 aliphatic carbocycles. The van der Waals surface area contributed by atoms with E-state index in [9.17, 15) is 19.5 Å². The van der Waals surface area contributed by atoms with Crippen LogP contribution in [0.25, 0.3) is 0 Å². The van der Waals surface area contributed by atoms with Gasteiger partial charge in [0, 0.05) is 26.3 Å². The van der Waals surface area contributed by atoms with E-state index in [-0.39, 0.29) is 6.42 Å². The van der Waals surface area contributed by atoms with Gasteiger partial charge in [-0.1, -0.05) is 18.9 Å². The zero-order valence-electron chi connectivity index (χ0n) is 21.1. The van der Waals surface area contributed by atoms with Gasteiger partial charge in [0.2, 0.25) is 0 Å². The van der Waals surface area contributed by atoms with Crippen molar-refractivity contribution < 1.29 is 33.7 Å². The van der Waals surface area contributed by atoms with Crippen LogP contribution in [-0.4, -0.2) is 84.1 Å². The Bertz CT molecular complexity index is 874. The van der Waals surface area contributed by atoms with Crippen LogP contribution in [0.2, 0.25) is 0 Å². The first-order valence-electron chi connectivity index (χ1n) is 12.2. The van der Waals surface area contributed by atoms with Crippen molar-refractivity contribution >= 4 is 23.8 Å². The van der Waals surface area contributed by atoms with E-state index in [1.54, 1.807) is 27.0 Å².